The molecule has 0 aliphatic rings. The molecule has 0 bridgehead atoms. The molecule has 0 amide bonds. The van der Waals surface area contributed by atoms with Gasteiger partial charge >= 0.3 is 0 Å². The summed E-state index contributed by atoms with van der Waals surface area (Å²) in [5, 5.41) is 19.5. The molecule has 3 rings (SSSR count). The first kappa shape index (κ1) is 11.1. The molecule has 0 unspecified atom stereocenters. The molecular formula is C13H11N3OS. The molecule has 90 valence electrons. The van der Waals surface area contributed by atoms with Gasteiger partial charge in [0.05, 0.1) is 4.88 Å². The van der Waals surface area contributed by atoms with Gasteiger partial charge in [-0.05, 0) is 11.4 Å². The fourth-order valence-electron chi connectivity index (χ4n) is 1.87. The van der Waals surface area contributed by atoms with Crippen LogP contribution in [-0.2, 0) is 6.73 Å². The lowest BCUT2D eigenvalue weighted by Gasteiger charge is -2.04. The van der Waals surface area contributed by atoms with Crippen molar-refractivity contribution < 1.29 is 5.11 Å². The zero-order chi connectivity index (χ0) is 12.4. The topological polar surface area (TPSA) is 50.9 Å². The predicted octanol–water partition coefficient (Wildman–Crippen LogP) is 2.62. The second kappa shape index (κ2) is 4.72. The van der Waals surface area contributed by atoms with Crippen molar-refractivity contribution in [3.8, 4) is 21.8 Å². The molecule has 1 aromatic carbocycles. The summed E-state index contributed by atoms with van der Waals surface area (Å²) >= 11 is 1.61. The van der Waals surface area contributed by atoms with Crippen LogP contribution < -0.4 is 0 Å². The van der Waals surface area contributed by atoms with Crippen molar-refractivity contribution in [1.29, 1.82) is 0 Å². The van der Waals surface area contributed by atoms with Crippen molar-refractivity contribution in [3.05, 3.63) is 47.8 Å². The molecule has 2 aromatic heterocycles. The molecule has 0 aliphatic carbocycles. The fourth-order valence-corrected chi connectivity index (χ4v) is 2.58. The van der Waals surface area contributed by atoms with Crippen LogP contribution in [0.15, 0.2) is 47.8 Å². The van der Waals surface area contributed by atoms with Gasteiger partial charge in [-0.15, -0.1) is 16.4 Å². The Morgan fingerprint density at radius 2 is 1.94 bits per heavy atom. The number of nitrogens with zero attached hydrogens (tertiary/aromatic N) is 3. The van der Waals surface area contributed by atoms with Crippen LogP contribution in [0.2, 0.25) is 0 Å². The SMILES string of the molecule is OCn1nnc(-c2cccs2)c1-c1ccccc1. The fraction of sp³-hybridized carbons (Fsp3) is 0.0769. The van der Waals surface area contributed by atoms with Crippen molar-refractivity contribution in [1.82, 2.24) is 15.0 Å². The van der Waals surface area contributed by atoms with Gasteiger partial charge < -0.3 is 5.11 Å². The quantitative estimate of drug-likeness (QED) is 0.784. The first-order valence-electron chi connectivity index (χ1n) is 5.54. The first-order valence-corrected chi connectivity index (χ1v) is 6.42. The third kappa shape index (κ3) is 1.83. The van der Waals surface area contributed by atoms with Crippen molar-refractivity contribution in [2.45, 2.75) is 6.73 Å². The van der Waals surface area contributed by atoms with Crippen LogP contribution in [0.3, 0.4) is 0 Å². The molecular weight excluding hydrogens is 246 g/mol. The van der Waals surface area contributed by atoms with E-state index in [-0.39, 0.29) is 6.73 Å². The maximum atomic E-state index is 9.35. The minimum atomic E-state index is -0.178. The van der Waals surface area contributed by atoms with E-state index in [1.807, 2.05) is 47.8 Å². The lowest BCUT2D eigenvalue weighted by molar-refractivity contribution is 0.194. The van der Waals surface area contributed by atoms with Crippen LogP contribution in [0.4, 0.5) is 0 Å². The molecule has 4 nitrogen and oxygen atoms in total. The number of aliphatic hydroxyl groups excluding tert-OH is 1. The molecule has 1 N–H and O–H groups in total. The van der Waals surface area contributed by atoms with Gasteiger partial charge in [-0.1, -0.05) is 41.6 Å². The van der Waals surface area contributed by atoms with Crippen molar-refractivity contribution in [3.63, 3.8) is 0 Å². The third-order valence-electron chi connectivity index (χ3n) is 2.67. The number of aromatic nitrogens is 3. The first-order chi connectivity index (χ1) is 8.90. The molecule has 0 atom stereocenters. The molecule has 0 saturated heterocycles. The standard InChI is InChI=1S/C13H11N3OS/c17-9-16-13(10-5-2-1-3-6-10)12(14-15-16)11-7-4-8-18-11/h1-8,17H,9H2. The Morgan fingerprint density at radius 3 is 2.61 bits per heavy atom. The second-order valence-electron chi connectivity index (χ2n) is 3.77. The molecule has 5 heteroatoms. The van der Waals surface area contributed by atoms with Crippen molar-refractivity contribution in [2.75, 3.05) is 0 Å². The van der Waals surface area contributed by atoms with Gasteiger partial charge in [0.15, 0.2) is 0 Å². The van der Waals surface area contributed by atoms with Crippen molar-refractivity contribution >= 4 is 11.3 Å². The Balaban J connectivity index is 2.20. The highest BCUT2D eigenvalue weighted by atomic mass is 32.1. The maximum Gasteiger partial charge on any atom is 0.138 e. The van der Waals surface area contributed by atoms with Crippen LogP contribution in [-0.4, -0.2) is 20.1 Å². The summed E-state index contributed by atoms with van der Waals surface area (Å²) < 4.78 is 1.50. The minimum absolute atomic E-state index is 0.178. The summed E-state index contributed by atoms with van der Waals surface area (Å²) in [5.41, 5.74) is 2.66. The lowest BCUT2D eigenvalue weighted by Crippen LogP contribution is -2.01. The third-order valence-corrected chi connectivity index (χ3v) is 3.55. The lowest BCUT2D eigenvalue weighted by atomic mass is 10.1. The largest absolute Gasteiger partial charge is 0.374 e. The van der Waals surface area contributed by atoms with E-state index in [1.54, 1.807) is 11.3 Å². The van der Waals surface area contributed by atoms with Crippen molar-refractivity contribution in [2.24, 2.45) is 0 Å². The van der Waals surface area contributed by atoms with Gasteiger partial charge in [0.1, 0.15) is 18.1 Å². The molecule has 0 spiro atoms. The summed E-state index contributed by atoms with van der Waals surface area (Å²) in [4.78, 5) is 1.05. The Kier molecular flexibility index (Phi) is 2.92. The molecule has 2 heterocycles. The van der Waals surface area contributed by atoms with Gasteiger partial charge in [0, 0.05) is 5.56 Å². The van der Waals surface area contributed by atoms with Crippen LogP contribution in [0.25, 0.3) is 21.8 Å². The van der Waals surface area contributed by atoms with E-state index in [0.717, 1.165) is 21.8 Å². The van der Waals surface area contributed by atoms with E-state index in [4.69, 9.17) is 0 Å². The Hall–Kier alpha value is -1.98. The summed E-state index contributed by atoms with van der Waals surface area (Å²) in [6.45, 7) is -0.178. The van der Waals surface area contributed by atoms with Gasteiger partial charge in [-0.2, -0.15) is 0 Å². The van der Waals surface area contributed by atoms with Gasteiger partial charge in [-0.25, -0.2) is 4.68 Å². The average molecular weight is 257 g/mol. The molecule has 0 saturated carbocycles. The van der Waals surface area contributed by atoms with E-state index in [2.05, 4.69) is 10.3 Å². The van der Waals surface area contributed by atoms with E-state index < -0.39 is 0 Å². The highest BCUT2D eigenvalue weighted by Gasteiger charge is 2.16. The van der Waals surface area contributed by atoms with Crippen LogP contribution in [0, 0.1) is 0 Å². The molecule has 18 heavy (non-hydrogen) atoms. The number of aliphatic hydroxyl groups is 1. The molecule has 3 aromatic rings. The van der Waals surface area contributed by atoms with Gasteiger partial charge in [-0.3, -0.25) is 0 Å². The van der Waals surface area contributed by atoms with Crippen LogP contribution in [0.1, 0.15) is 0 Å². The Labute approximate surface area is 108 Å². The van der Waals surface area contributed by atoms with Gasteiger partial charge in [0.25, 0.3) is 0 Å². The number of thiophene rings is 1. The highest BCUT2D eigenvalue weighted by molar-refractivity contribution is 7.13. The number of rotatable bonds is 3. The number of benzene rings is 1. The maximum absolute atomic E-state index is 9.35. The zero-order valence-electron chi connectivity index (χ0n) is 9.52. The Bertz CT molecular complexity index is 632. The monoisotopic (exact) mass is 257 g/mol. The molecule has 0 radical (unpaired) electrons. The summed E-state index contributed by atoms with van der Waals surface area (Å²) in [5.74, 6) is 0. The zero-order valence-corrected chi connectivity index (χ0v) is 10.3. The number of hydrogen-bond acceptors (Lipinski definition) is 4. The van der Waals surface area contributed by atoms with E-state index >= 15 is 0 Å². The predicted molar refractivity (Wildman–Crippen MR) is 71.0 cm³/mol. The summed E-state index contributed by atoms with van der Waals surface area (Å²) in [6, 6.07) is 13.8. The minimum Gasteiger partial charge on any atom is -0.374 e. The van der Waals surface area contributed by atoms with E-state index in [9.17, 15) is 5.11 Å². The second-order valence-corrected chi connectivity index (χ2v) is 4.72. The van der Waals surface area contributed by atoms with E-state index in [0.29, 0.717) is 0 Å². The smallest absolute Gasteiger partial charge is 0.138 e. The highest BCUT2D eigenvalue weighted by Crippen LogP contribution is 2.32. The average Bonchev–Trinajstić information content (AvgIpc) is 3.08. The number of hydrogen-bond donors (Lipinski definition) is 1. The molecule has 0 fully saturated rings. The van der Waals surface area contributed by atoms with E-state index in [1.165, 1.54) is 4.68 Å². The van der Waals surface area contributed by atoms with Crippen LogP contribution in [0.5, 0.6) is 0 Å². The summed E-state index contributed by atoms with van der Waals surface area (Å²) in [6.07, 6.45) is 0. The summed E-state index contributed by atoms with van der Waals surface area (Å²) in [7, 11) is 0. The normalized spacial score (nSPS) is 10.7. The molecule has 0 aliphatic heterocycles. The Morgan fingerprint density at radius 1 is 1.11 bits per heavy atom. The van der Waals surface area contributed by atoms with Crippen LogP contribution >= 0.6 is 11.3 Å². The van der Waals surface area contributed by atoms with Gasteiger partial charge in [0.2, 0.25) is 0 Å².